The average molecular weight is 437 g/mol. The third kappa shape index (κ3) is 4.86. The van der Waals surface area contributed by atoms with Crippen molar-refractivity contribution in [1.29, 1.82) is 0 Å². The number of aryl methyl sites for hydroxylation is 1. The highest BCUT2D eigenvalue weighted by atomic mass is 32.3. The summed E-state index contributed by atoms with van der Waals surface area (Å²) in [6.45, 7) is 7.94. The molecule has 1 fully saturated rings. The quantitative estimate of drug-likeness (QED) is 0.478. The smallest absolute Gasteiger partial charge is 0.119 e. The second-order valence-electron chi connectivity index (χ2n) is 9.18. The van der Waals surface area contributed by atoms with Gasteiger partial charge in [0.1, 0.15) is 5.75 Å². The van der Waals surface area contributed by atoms with Crippen LogP contribution in [0.3, 0.4) is 0 Å². The van der Waals surface area contributed by atoms with Gasteiger partial charge in [-0.25, -0.2) is 10.0 Å². The fourth-order valence-electron chi connectivity index (χ4n) is 4.37. The highest BCUT2D eigenvalue weighted by molar-refractivity contribution is 8.32. The van der Waals surface area contributed by atoms with Crippen molar-refractivity contribution in [3.8, 4) is 22.7 Å². The van der Waals surface area contributed by atoms with E-state index in [1.54, 1.807) is 7.11 Å². The Hall–Kier alpha value is -2.17. The van der Waals surface area contributed by atoms with Crippen molar-refractivity contribution in [2.75, 3.05) is 44.2 Å². The molecule has 3 nitrogen and oxygen atoms in total. The Balaban J connectivity index is 1.71. The van der Waals surface area contributed by atoms with Crippen molar-refractivity contribution in [3.63, 3.8) is 0 Å². The van der Waals surface area contributed by atoms with E-state index in [1.807, 2.05) is 12.1 Å². The number of rotatable bonds is 6. The van der Waals surface area contributed by atoms with Gasteiger partial charge >= 0.3 is 0 Å². The van der Waals surface area contributed by atoms with Gasteiger partial charge in [0.05, 0.1) is 12.8 Å². The summed E-state index contributed by atoms with van der Waals surface area (Å²) < 4.78 is 7.80. The Morgan fingerprint density at radius 1 is 0.935 bits per heavy atom. The second-order valence-corrected chi connectivity index (χ2v) is 13.5. The number of methoxy groups -OCH3 is 1. The molecule has 1 aliphatic heterocycles. The highest BCUT2D eigenvalue weighted by Crippen LogP contribution is 2.42. The van der Waals surface area contributed by atoms with E-state index in [0.29, 0.717) is 0 Å². The summed E-state index contributed by atoms with van der Waals surface area (Å²) in [7, 11) is 1.34. The first kappa shape index (κ1) is 22.0. The van der Waals surface area contributed by atoms with Crippen LogP contribution in [-0.4, -0.2) is 53.7 Å². The minimum atomic E-state index is -0.379. The second kappa shape index (κ2) is 9.13. The number of nitrogens with zero attached hydrogens (tertiary/aromatic N) is 2. The van der Waals surface area contributed by atoms with Crippen LogP contribution in [0.2, 0.25) is 0 Å². The lowest BCUT2D eigenvalue weighted by Gasteiger charge is -2.41. The highest BCUT2D eigenvalue weighted by Gasteiger charge is 2.23. The van der Waals surface area contributed by atoms with Crippen molar-refractivity contribution in [3.05, 3.63) is 71.4 Å². The molecule has 31 heavy (non-hydrogen) atoms. The normalized spacial score (nSPS) is 17.5. The molecule has 1 saturated heterocycles. The predicted octanol–water partition coefficient (Wildman–Crippen LogP) is 5.90. The Morgan fingerprint density at radius 3 is 2.16 bits per heavy atom. The van der Waals surface area contributed by atoms with Gasteiger partial charge < -0.3 is 9.30 Å². The molecule has 3 aromatic rings. The van der Waals surface area contributed by atoms with E-state index in [2.05, 4.69) is 78.3 Å². The topological polar surface area (TPSA) is 17.4 Å². The Kier molecular flexibility index (Phi) is 6.49. The zero-order valence-corrected chi connectivity index (χ0v) is 20.5. The van der Waals surface area contributed by atoms with E-state index in [-0.39, 0.29) is 10.0 Å². The van der Waals surface area contributed by atoms with Crippen LogP contribution in [-0.2, 0) is 13.0 Å². The third-order valence-electron chi connectivity index (χ3n) is 6.65. The van der Waals surface area contributed by atoms with Crippen LogP contribution in [0, 0.1) is 6.92 Å². The minimum Gasteiger partial charge on any atom is -0.497 e. The van der Waals surface area contributed by atoms with Gasteiger partial charge in [-0.15, -0.1) is 0 Å². The van der Waals surface area contributed by atoms with Crippen molar-refractivity contribution >= 4 is 10.0 Å². The standard InChI is InChI=1S/C27H36N2OS/c1-6-22-7-9-23(10-8-22)27-19-24(20-28-15-17-31(4,5)18-16-28)21(2)29(27)25-11-13-26(30-3)14-12-25/h7-14,19H,6,15-18,20H2,1-5H3. The van der Waals surface area contributed by atoms with Crippen molar-refractivity contribution in [2.24, 2.45) is 0 Å². The molecule has 2 heterocycles. The van der Waals surface area contributed by atoms with Crippen molar-refractivity contribution in [1.82, 2.24) is 9.47 Å². The maximum atomic E-state index is 5.38. The lowest BCUT2D eigenvalue weighted by Crippen LogP contribution is -2.37. The largest absolute Gasteiger partial charge is 0.497 e. The number of ether oxygens (including phenoxy) is 1. The molecule has 166 valence electrons. The van der Waals surface area contributed by atoms with Gasteiger partial charge in [0.2, 0.25) is 0 Å². The van der Waals surface area contributed by atoms with E-state index >= 15 is 0 Å². The number of hydrogen-bond acceptors (Lipinski definition) is 2. The SMILES string of the molecule is CCc1ccc(-c2cc(CN3CCS(C)(C)CC3)c(C)n2-c2ccc(OC)cc2)cc1. The number of benzene rings is 2. The first-order chi connectivity index (χ1) is 14.9. The summed E-state index contributed by atoms with van der Waals surface area (Å²) in [6, 6.07) is 19.9. The maximum Gasteiger partial charge on any atom is 0.119 e. The Morgan fingerprint density at radius 2 is 1.58 bits per heavy atom. The number of aromatic nitrogens is 1. The van der Waals surface area contributed by atoms with Gasteiger partial charge in [0.25, 0.3) is 0 Å². The van der Waals surface area contributed by atoms with Gasteiger partial charge in [-0.05, 0) is 84.4 Å². The molecular formula is C27H36N2OS. The first-order valence-electron chi connectivity index (χ1n) is 11.3. The molecule has 0 radical (unpaired) electrons. The Labute approximate surface area is 189 Å². The number of hydrogen-bond donors (Lipinski definition) is 0. The summed E-state index contributed by atoms with van der Waals surface area (Å²) in [5, 5.41) is 0. The fraction of sp³-hybridized carbons (Fsp3) is 0.407. The fourth-order valence-corrected chi connectivity index (χ4v) is 6.08. The molecule has 4 rings (SSSR count). The summed E-state index contributed by atoms with van der Waals surface area (Å²) in [5.41, 5.74) is 7.86. The molecular weight excluding hydrogens is 400 g/mol. The summed E-state index contributed by atoms with van der Waals surface area (Å²) in [5.74, 6) is 3.61. The molecule has 2 aromatic carbocycles. The van der Waals surface area contributed by atoms with Crippen LogP contribution in [0.5, 0.6) is 5.75 Å². The molecule has 0 unspecified atom stereocenters. The van der Waals surface area contributed by atoms with E-state index in [4.69, 9.17) is 4.74 Å². The van der Waals surface area contributed by atoms with E-state index < -0.39 is 0 Å². The average Bonchev–Trinajstić information content (AvgIpc) is 3.11. The molecule has 0 saturated carbocycles. The van der Waals surface area contributed by atoms with Crippen molar-refractivity contribution in [2.45, 2.75) is 26.8 Å². The zero-order valence-electron chi connectivity index (χ0n) is 19.6. The lowest BCUT2D eigenvalue weighted by molar-refractivity contribution is 0.292. The molecule has 0 bridgehead atoms. The molecule has 1 aromatic heterocycles. The van der Waals surface area contributed by atoms with Crippen LogP contribution >= 0.6 is 10.0 Å². The van der Waals surface area contributed by atoms with Crippen LogP contribution in [0.1, 0.15) is 23.7 Å². The predicted molar refractivity (Wildman–Crippen MR) is 136 cm³/mol. The van der Waals surface area contributed by atoms with Gasteiger partial charge in [-0.1, -0.05) is 31.2 Å². The van der Waals surface area contributed by atoms with E-state index in [9.17, 15) is 0 Å². The summed E-state index contributed by atoms with van der Waals surface area (Å²) in [6.07, 6.45) is 6.03. The summed E-state index contributed by atoms with van der Waals surface area (Å²) in [4.78, 5) is 2.64. The first-order valence-corrected chi connectivity index (χ1v) is 14.0. The summed E-state index contributed by atoms with van der Waals surface area (Å²) >= 11 is 0. The van der Waals surface area contributed by atoms with Gasteiger partial charge in [0.15, 0.2) is 0 Å². The van der Waals surface area contributed by atoms with Gasteiger partial charge in [-0.3, -0.25) is 4.90 Å². The van der Waals surface area contributed by atoms with Crippen LogP contribution in [0.15, 0.2) is 54.6 Å². The molecule has 1 aliphatic rings. The van der Waals surface area contributed by atoms with E-state index in [1.165, 1.54) is 58.4 Å². The Bertz CT molecular complexity index is 1010. The van der Waals surface area contributed by atoms with Crippen LogP contribution in [0.25, 0.3) is 16.9 Å². The molecule has 0 N–H and O–H groups in total. The lowest BCUT2D eigenvalue weighted by atomic mass is 10.1. The van der Waals surface area contributed by atoms with Crippen LogP contribution in [0.4, 0.5) is 0 Å². The maximum absolute atomic E-state index is 5.38. The van der Waals surface area contributed by atoms with E-state index in [0.717, 1.165) is 18.7 Å². The third-order valence-corrected chi connectivity index (χ3v) is 9.23. The van der Waals surface area contributed by atoms with Crippen LogP contribution < -0.4 is 4.74 Å². The zero-order chi connectivity index (χ0) is 22.0. The molecule has 0 aliphatic carbocycles. The van der Waals surface area contributed by atoms with Crippen molar-refractivity contribution < 1.29 is 4.74 Å². The molecule has 0 atom stereocenters. The molecule has 0 amide bonds. The minimum absolute atomic E-state index is 0.379. The monoisotopic (exact) mass is 436 g/mol. The molecule has 0 spiro atoms. The molecule has 4 heteroatoms. The van der Waals surface area contributed by atoms with Gasteiger partial charge in [0, 0.05) is 31.0 Å². The van der Waals surface area contributed by atoms with Gasteiger partial charge in [-0.2, -0.15) is 0 Å².